The number of carbonyl (C=O) groups excluding carboxylic acids is 1. The average molecular weight is 418 g/mol. The van der Waals surface area contributed by atoms with Crippen LogP contribution < -0.4 is 10.2 Å². The molecular formula is C21H21F3N4O2. The summed E-state index contributed by atoms with van der Waals surface area (Å²) in [5.41, 5.74) is -1.79. The summed E-state index contributed by atoms with van der Waals surface area (Å²) < 4.78 is 48.7. The summed E-state index contributed by atoms with van der Waals surface area (Å²) in [6, 6.07) is 13.5. The number of hydrogen-bond acceptors (Lipinski definition) is 4. The molecule has 2 aliphatic rings. The van der Waals surface area contributed by atoms with Gasteiger partial charge in [-0.2, -0.15) is 13.2 Å². The highest BCUT2D eigenvalue weighted by Gasteiger charge is 2.61. The van der Waals surface area contributed by atoms with E-state index in [1.165, 1.54) is 17.0 Å². The summed E-state index contributed by atoms with van der Waals surface area (Å²) in [5.74, 6) is -0.0499. The molecule has 0 radical (unpaired) electrons. The van der Waals surface area contributed by atoms with Crippen molar-refractivity contribution in [1.29, 1.82) is 0 Å². The molecule has 6 nitrogen and oxygen atoms in total. The molecule has 1 unspecified atom stereocenters. The first-order valence-electron chi connectivity index (χ1n) is 9.55. The molecule has 158 valence electrons. The maximum Gasteiger partial charge on any atom is 0.437 e. The van der Waals surface area contributed by atoms with Crippen molar-refractivity contribution in [1.82, 2.24) is 10.2 Å². The number of rotatable bonds is 2. The van der Waals surface area contributed by atoms with Crippen LogP contribution >= 0.6 is 0 Å². The molecule has 0 bridgehead atoms. The lowest BCUT2D eigenvalue weighted by Gasteiger charge is -2.44. The van der Waals surface area contributed by atoms with Crippen LogP contribution in [0.1, 0.15) is 11.1 Å². The number of anilines is 1. The first-order valence-corrected chi connectivity index (χ1v) is 9.55. The molecule has 2 heterocycles. The van der Waals surface area contributed by atoms with Crippen LogP contribution in [0.4, 0.5) is 23.7 Å². The highest BCUT2D eigenvalue weighted by Crippen LogP contribution is 2.43. The van der Waals surface area contributed by atoms with E-state index in [-0.39, 0.29) is 11.5 Å². The predicted octanol–water partition coefficient (Wildman–Crippen LogP) is 3.63. The molecule has 9 heteroatoms. The van der Waals surface area contributed by atoms with Gasteiger partial charge in [0, 0.05) is 18.7 Å². The number of nitrogens with one attached hydrogen (secondary N) is 1. The number of alkyl halides is 3. The Morgan fingerprint density at radius 3 is 2.27 bits per heavy atom. The van der Waals surface area contributed by atoms with Crippen molar-refractivity contribution in [3.05, 3.63) is 65.7 Å². The first kappa shape index (κ1) is 20.2. The largest absolute Gasteiger partial charge is 0.437 e. The van der Waals surface area contributed by atoms with Gasteiger partial charge in [-0.05, 0) is 19.1 Å². The number of hydrogen-bond donors (Lipinski definition) is 1. The number of para-hydroxylation sites is 1. The van der Waals surface area contributed by atoms with Gasteiger partial charge in [-0.15, -0.1) is 0 Å². The molecule has 2 aliphatic heterocycles. The molecule has 0 saturated carbocycles. The third kappa shape index (κ3) is 3.49. The zero-order valence-corrected chi connectivity index (χ0v) is 16.3. The molecule has 2 amide bonds. The number of urea groups is 1. The lowest BCUT2D eigenvalue weighted by molar-refractivity contribution is -0.195. The average Bonchev–Trinajstić information content (AvgIpc) is 2.74. The standard InChI is InChI=1S/C21H21F3N4O2/c1-15-7-9-16(10-8-15)20(21(22,23)24)25-18(27-11-13-30-14-12-27)28(19(29)26-20)17-5-3-2-4-6-17/h2-10H,11-14H2,1H3,(H,26,29). The minimum absolute atomic E-state index is 0.0499. The highest BCUT2D eigenvalue weighted by atomic mass is 19.4. The summed E-state index contributed by atoms with van der Waals surface area (Å²) in [4.78, 5) is 20.1. The van der Waals surface area contributed by atoms with Crippen molar-refractivity contribution >= 4 is 17.7 Å². The van der Waals surface area contributed by atoms with Crippen molar-refractivity contribution in [2.45, 2.75) is 18.8 Å². The molecule has 0 aromatic heterocycles. The fourth-order valence-electron chi connectivity index (χ4n) is 3.54. The Morgan fingerprint density at radius 1 is 1.03 bits per heavy atom. The predicted molar refractivity (Wildman–Crippen MR) is 106 cm³/mol. The number of guanidine groups is 1. The molecule has 0 spiro atoms. The van der Waals surface area contributed by atoms with Crippen molar-refractivity contribution in [2.75, 3.05) is 31.2 Å². The lowest BCUT2D eigenvalue weighted by atomic mass is 9.97. The third-order valence-electron chi connectivity index (χ3n) is 5.15. The van der Waals surface area contributed by atoms with E-state index < -0.39 is 17.9 Å². The summed E-state index contributed by atoms with van der Waals surface area (Å²) in [5, 5.41) is 2.14. The van der Waals surface area contributed by atoms with Gasteiger partial charge in [0.25, 0.3) is 5.66 Å². The van der Waals surface area contributed by atoms with Gasteiger partial charge in [0.2, 0.25) is 5.96 Å². The number of aliphatic imine (C=N–C) groups is 1. The zero-order chi connectivity index (χ0) is 21.4. The van der Waals surface area contributed by atoms with E-state index in [0.29, 0.717) is 32.0 Å². The van der Waals surface area contributed by atoms with Crippen LogP contribution in [0.3, 0.4) is 0 Å². The molecule has 30 heavy (non-hydrogen) atoms. The second-order valence-corrected chi connectivity index (χ2v) is 7.19. The number of ether oxygens (including phenoxy) is 1. The molecule has 1 atom stereocenters. The van der Waals surface area contributed by atoms with Gasteiger partial charge in [0.1, 0.15) is 0 Å². The summed E-state index contributed by atoms with van der Waals surface area (Å²) in [6.45, 7) is 3.12. The minimum atomic E-state index is -4.85. The monoisotopic (exact) mass is 418 g/mol. The summed E-state index contributed by atoms with van der Waals surface area (Å²) in [6.07, 6.45) is -4.85. The number of amides is 2. The van der Waals surface area contributed by atoms with Gasteiger partial charge in [0.05, 0.1) is 18.9 Å². The fraction of sp³-hybridized carbons (Fsp3) is 0.333. The molecule has 1 fully saturated rings. The van der Waals surface area contributed by atoms with Gasteiger partial charge in [0.15, 0.2) is 0 Å². The topological polar surface area (TPSA) is 57.2 Å². The van der Waals surface area contributed by atoms with Gasteiger partial charge >= 0.3 is 12.2 Å². The van der Waals surface area contributed by atoms with Crippen molar-refractivity contribution in [3.8, 4) is 0 Å². The summed E-state index contributed by atoms with van der Waals surface area (Å²) in [7, 11) is 0. The van der Waals surface area contributed by atoms with Crippen LogP contribution in [0.25, 0.3) is 0 Å². The molecule has 0 aliphatic carbocycles. The number of benzene rings is 2. The smallest absolute Gasteiger partial charge is 0.378 e. The van der Waals surface area contributed by atoms with Crippen LogP contribution in [0.15, 0.2) is 59.6 Å². The van der Waals surface area contributed by atoms with Crippen LogP contribution in [0.5, 0.6) is 0 Å². The molecule has 1 saturated heterocycles. The second kappa shape index (κ2) is 7.64. The van der Waals surface area contributed by atoms with E-state index in [2.05, 4.69) is 10.3 Å². The molecular weight excluding hydrogens is 397 g/mol. The van der Waals surface area contributed by atoms with Gasteiger partial charge < -0.3 is 15.0 Å². The lowest BCUT2D eigenvalue weighted by Crippen LogP contribution is -2.66. The van der Waals surface area contributed by atoms with E-state index in [0.717, 1.165) is 5.56 Å². The van der Waals surface area contributed by atoms with Crippen molar-refractivity contribution in [2.24, 2.45) is 4.99 Å². The number of aryl methyl sites for hydroxylation is 1. The Balaban J connectivity index is 1.91. The van der Waals surface area contributed by atoms with Crippen LogP contribution in [-0.2, 0) is 10.4 Å². The number of nitrogens with zero attached hydrogens (tertiary/aromatic N) is 3. The normalized spacial score (nSPS) is 22.5. The van der Waals surface area contributed by atoms with E-state index >= 15 is 0 Å². The Labute approximate surface area is 171 Å². The van der Waals surface area contributed by atoms with Crippen LogP contribution in [-0.4, -0.2) is 49.4 Å². The van der Waals surface area contributed by atoms with E-state index in [1.807, 2.05) is 0 Å². The first-order chi connectivity index (χ1) is 14.3. The van der Waals surface area contributed by atoms with E-state index in [1.54, 1.807) is 54.3 Å². The molecule has 1 N–H and O–H groups in total. The van der Waals surface area contributed by atoms with Crippen LogP contribution in [0, 0.1) is 6.92 Å². The van der Waals surface area contributed by atoms with Crippen molar-refractivity contribution < 1.29 is 22.7 Å². The Hall–Kier alpha value is -3.07. The summed E-state index contributed by atoms with van der Waals surface area (Å²) >= 11 is 0. The van der Waals surface area contributed by atoms with Crippen LogP contribution in [0.2, 0.25) is 0 Å². The Morgan fingerprint density at radius 2 is 1.67 bits per heavy atom. The zero-order valence-electron chi connectivity index (χ0n) is 16.3. The Kier molecular flexibility index (Phi) is 5.15. The number of halogens is 3. The molecule has 2 aromatic carbocycles. The molecule has 4 rings (SSSR count). The highest BCUT2D eigenvalue weighted by molar-refractivity contribution is 6.17. The maximum atomic E-state index is 14.4. The van der Waals surface area contributed by atoms with Crippen molar-refractivity contribution in [3.63, 3.8) is 0 Å². The number of morpholine rings is 1. The number of carbonyl (C=O) groups is 1. The Bertz CT molecular complexity index is 941. The van der Waals surface area contributed by atoms with E-state index in [9.17, 15) is 18.0 Å². The van der Waals surface area contributed by atoms with Gasteiger partial charge in [-0.1, -0.05) is 48.0 Å². The quantitative estimate of drug-likeness (QED) is 0.811. The van der Waals surface area contributed by atoms with Gasteiger partial charge in [-0.3, -0.25) is 0 Å². The minimum Gasteiger partial charge on any atom is -0.378 e. The fourth-order valence-corrected chi connectivity index (χ4v) is 3.54. The second-order valence-electron chi connectivity index (χ2n) is 7.19. The van der Waals surface area contributed by atoms with E-state index in [4.69, 9.17) is 4.74 Å². The molecule has 2 aromatic rings. The van der Waals surface area contributed by atoms with Gasteiger partial charge in [-0.25, -0.2) is 14.7 Å². The maximum absolute atomic E-state index is 14.4. The SMILES string of the molecule is Cc1ccc(C2(C(F)(F)F)N=C(N3CCOCC3)N(c3ccccc3)C(=O)N2)cc1. The third-order valence-corrected chi connectivity index (χ3v) is 5.15.